The predicted octanol–water partition coefficient (Wildman–Crippen LogP) is 1.44. The molecule has 0 aliphatic carbocycles. The maximum Gasteiger partial charge on any atom is 0.229 e. The third kappa shape index (κ3) is 3.17. The van der Waals surface area contributed by atoms with E-state index in [1.165, 1.54) is 0 Å². The number of hydrogen-bond acceptors (Lipinski definition) is 3. The van der Waals surface area contributed by atoms with Crippen LogP contribution in [0.25, 0.3) is 0 Å². The molecule has 1 N–H and O–H groups in total. The molecule has 1 aromatic carbocycles. The Kier molecular flexibility index (Phi) is 4.07. The van der Waals surface area contributed by atoms with Crippen LogP contribution in [0, 0.1) is 11.6 Å². The SMILES string of the molecule is O=C(CCN1C(=O)CCC1=O)Nc1cc(F)ccc1F. The zero-order valence-corrected chi connectivity index (χ0v) is 10.5. The molecule has 1 saturated heterocycles. The predicted molar refractivity (Wildman–Crippen MR) is 65.6 cm³/mol. The molecule has 0 unspecified atom stereocenters. The van der Waals surface area contributed by atoms with Gasteiger partial charge in [0, 0.05) is 31.9 Å². The Balaban J connectivity index is 1.91. The van der Waals surface area contributed by atoms with E-state index in [4.69, 9.17) is 0 Å². The van der Waals surface area contributed by atoms with Gasteiger partial charge in [0.15, 0.2) is 0 Å². The lowest BCUT2D eigenvalue weighted by atomic mass is 10.2. The summed E-state index contributed by atoms with van der Waals surface area (Å²) >= 11 is 0. The van der Waals surface area contributed by atoms with Crippen LogP contribution >= 0.6 is 0 Å². The van der Waals surface area contributed by atoms with Gasteiger partial charge in [-0.15, -0.1) is 0 Å². The molecule has 5 nitrogen and oxygen atoms in total. The molecule has 0 aromatic heterocycles. The van der Waals surface area contributed by atoms with Gasteiger partial charge in [-0.3, -0.25) is 19.3 Å². The average molecular weight is 282 g/mol. The summed E-state index contributed by atoms with van der Waals surface area (Å²) in [5, 5.41) is 2.20. The molecular formula is C13H12F2N2O3. The number of benzene rings is 1. The number of imide groups is 1. The van der Waals surface area contributed by atoms with Crippen LogP contribution in [-0.2, 0) is 14.4 Å². The highest BCUT2D eigenvalue weighted by molar-refractivity contribution is 6.02. The molecule has 3 amide bonds. The van der Waals surface area contributed by atoms with Crippen LogP contribution in [0.3, 0.4) is 0 Å². The van der Waals surface area contributed by atoms with E-state index in [1.54, 1.807) is 0 Å². The lowest BCUT2D eigenvalue weighted by Crippen LogP contribution is -2.32. The van der Waals surface area contributed by atoms with Crippen LogP contribution in [0.4, 0.5) is 14.5 Å². The Labute approximate surface area is 113 Å². The van der Waals surface area contributed by atoms with Crippen LogP contribution in [0.2, 0.25) is 0 Å². The van der Waals surface area contributed by atoms with Crippen molar-refractivity contribution in [3.05, 3.63) is 29.8 Å². The van der Waals surface area contributed by atoms with Gasteiger partial charge in [-0.2, -0.15) is 0 Å². The normalized spacial score (nSPS) is 14.8. The van der Waals surface area contributed by atoms with Gasteiger partial charge in [0.1, 0.15) is 11.6 Å². The first-order chi connectivity index (χ1) is 9.47. The number of anilines is 1. The van der Waals surface area contributed by atoms with Crippen molar-refractivity contribution >= 4 is 23.4 Å². The van der Waals surface area contributed by atoms with Crippen molar-refractivity contribution in [3.8, 4) is 0 Å². The summed E-state index contributed by atoms with van der Waals surface area (Å²) in [5.41, 5.74) is -0.269. The Morgan fingerprint density at radius 2 is 1.85 bits per heavy atom. The van der Waals surface area contributed by atoms with Crippen molar-refractivity contribution in [1.29, 1.82) is 0 Å². The second-order valence-electron chi connectivity index (χ2n) is 4.36. The number of carbonyl (C=O) groups excluding carboxylic acids is 3. The summed E-state index contributed by atoms with van der Waals surface area (Å²) in [4.78, 5) is 35.2. The maximum atomic E-state index is 13.3. The Morgan fingerprint density at radius 1 is 1.20 bits per heavy atom. The number of carbonyl (C=O) groups is 3. The molecule has 1 aliphatic heterocycles. The molecule has 106 valence electrons. The fourth-order valence-electron chi connectivity index (χ4n) is 1.89. The standard InChI is InChI=1S/C13H12F2N2O3/c14-8-1-2-9(15)10(7-8)16-11(18)5-6-17-12(19)3-4-13(17)20/h1-2,7H,3-6H2,(H,16,18). The van der Waals surface area contributed by atoms with E-state index < -0.39 is 17.5 Å². The van der Waals surface area contributed by atoms with Crippen LogP contribution in [0.15, 0.2) is 18.2 Å². The maximum absolute atomic E-state index is 13.3. The molecule has 1 aliphatic rings. The van der Waals surface area contributed by atoms with E-state index in [0.29, 0.717) is 0 Å². The number of halogens is 2. The molecule has 0 spiro atoms. The van der Waals surface area contributed by atoms with E-state index >= 15 is 0 Å². The Bertz CT molecular complexity index is 559. The number of hydrogen-bond donors (Lipinski definition) is 1. The molecule has 0 atom stereocenters. The first-order valence-corrected chi connectivity index (χ1v) is 6.05. The Hall–Kier alpha value is -2.31. The minimum atomic E-state index is -0.756. The minimum absolute atomic E-state index is 0.0551. The number of rotatable bonds is 4. The van der Waals surface area contributed by atoms with Crippen LogP contribution < -0.4 is 5.32 Å². The number of nitrogens with one attached hydrogen (secondary N) is 1. The van der Waals surface area contributed by atoms with Crippen molar-refractivity contribution in [2.24, 2.45) is 0 Å². The van der Waals surface area contributed by atoms with Gasteiger partial charge in [-0.1, -0.05) is 0 Å². The third-order valence-electron chi connectivity index (χ3n) is 2.92. The van der Waals surface area contributed by atoms with Gasteiger partial charge in [-0.25, -0.2) is 8.78 Å². The van der Waals surface area contributed by atoms with Gasteiger partial charge < -0.3 is 5.32 Å². The zero-order valence-electron chi connectivity index (χ0n) is 10.5. The van der Waals surface area contributed by atoms with Crippen LogP contribution in [-0.4, -0.2) is 29.2 Å². The average Bonchev–Trinajstić information content (AvgIpc) is 2.71. The largest absolute Gasteiger partial charge is 0.323 e. The zero-order chi connectivity index (χ0) is 14.7. The molecular weight excluding hydrogens is 270 g/mol. The minimum Gasteiger partial charge on any atom is -0.323 e. The Morgan fingerprint density at radius 3 is 2.50 bits per heavy atom. The first-order valence-electron chi connectivity index (χ1n) is 6.05. The van der Waals surface area contributed by atoms with Crippen molar-refractivity contribution in [1.82, 2.24) is 4.90 Å². The second kappa shape index (κ2) is 5.77. The highest BCUT2D eigenvalue weighted by Gasteiger charge is 2.28. The fraction of sp³-hybridized carbons (Fsp3) is 0.308. The third-order valence-corrected chi connectivity index (χ3v) is 2.92. The van der Waals surface area contributed by atoms with E-state index in [9.17, 15) is 23.2 Å². The fourth-order valence-corrected chi connectivity index (χ4v) is 1.89. The van der Waals surface area contributed by atoms with E-state index in [0.717, 1.165) is 23.1 Å². The van der Waals surface area contributed by atoms with Crippen molar-refractivity contribution in [2.45, 2.75) is 19.3 Å². The molecule has 1 fully saturated rings. The summed E-state index contributed by atoms with van der Waals surface area (Å²) < 4.78 is 26.2. The molecule has 0 bridgehead atoms. The number of likely N-dealkylation sites (tertiary alicyclic amines) is 1. The highest BCUT2D eigenvalue weighted by Crippen LogP contribution is 2.16. The van der Waals surface area contributed by atoms with E-state index in [2.05, 4.69) is 5.32 Å². The van der Waals surface area contributed by atoms with Crippen LogP contribution in [0.1, 0.15) is 19.3 Å². The van der Waals surface area contributed by atoms with Crippen molar-refractivity contribution < 1.29 is 23.2 Å². The highest BCUT2D eigenvalue weighted by atomic mass is 19.1. The first kappa shape index (κ1) is 14.1. The molecule has 1 heterocycles. The second-order valence-corrected chi connectivity index (χ2v) is 4.36. The molecule has 0 radical (unpaired) electrons. The van der Waals surface area contributed by atoms with Crippen molar-refractivity contribution in [3.63, 3.8) is 0 Å². The van der Waals surface area contributed by atoms with Crippen molar-refractivity contribution in [2.75, 3.05) is 11.9 Å². The summed E-state index contributed by atoms with van der Waals surface area (Å²) in [7, 11) is 0. The van der Waals surface area contributed by atoms with Crippen LogP contribution in [0.5, 0.6) is 0 Å². The summed E-state index contributed by atoms with van der Waals surface area (Å²) in [5.74, 6) is -2.67. The van der Waals surface area contributed by atoms with Gasteiger partial charge in [0.2, 0.25) is 17.7 Å². The van der Waals surface area contributed by atoms with Gasteiger partial charge in [0.25, 0.3) is 0 Å². The topological polar surface area (TPSA) is 66.5 Å². The van der Waals surface area contributed by atoms with Gasteiger partial charge >= 0.3 is 0 Å². The van der Waals surface area contributed by atoms with E-state index in [1.807, 2.05) is 0 Å². The molecule has 20 heavy (non-hydrogen) atoms. The summed E-state index contributed by atoms with van der Waals surface area (Å²) in [6.07, 6.45) is 0.144. The molecule has 7 heteroatoms. The van der Waals surface area contributed by atoms with Gasteiger partial charge in [-0.05, 0) is 12.1 Å². The molecule has 1 aromatic rings. The molecule has 2 rings (SSSR count). The number of amides is 3. The van der Waals surface area contributed by atoms with Gasteiger partial charge in [0.05, 0.1) is 5.69 Å². The monoisotopic (exact) mass is 282 g/mol. The lowest BCUT2D eigenvalue weighted by Gasteiger charge is -2.13. The smallest absolute Gasteiger partial charge is 0.229 e. The summed E-state index contributed by atoms with van der Waals surface area (Å²) in [6.45, 7) is -0.0551. The van der Waals surface area contributed by atoms with E-state index in [-0.39, 0.29) is 43.3 Å². The summed E-state index contributed by atoms with van der Waals surface area (Å²) in [6, 6.07) is 2.70. The number of nitrogens with zero attached hydrogens (tertiary/aromatic N) is 1. The lowest BCUT2D eigenvalue weighted by molar-refractivity contribution is -0.138. The quantitative estimate of drug-likeness (QED) is 0.850. The molecule has 0 saturated carbocycles.